The first-order valence-electron chi connectivity index (χ1n) is 10.4. The summed E-state index contributed by atoms with van der Waals surface area (Å²) in [7, 11) is 0. The third-order valence-electron chi connectivity index (χ3n) is 6.79. The molecule has 0 aromatic carbocycles. The number of carbonyl (C=O) groups is 3. The summed E-state index contributed by atoms with van der Waals surface area (Å²) >= 11 is 0. The minimum Gasteiger partial charge on any atom is -0.462 e. The summed E-state index contributed by atoms with van der Waals surface area (Å²) in [5.41, 5.74) is -1.58. The molecule has 0 saturated heterocycles. The first-order valence-corrected chi connectivity index (χ1v) is 10.4. The Bertz CT molecular complexity index is 637. The molecule has 0 aromatic rings. The Labute approximate surface area is 169 Å². The van der Waals surface area contributed by atoms with E-state index in [1.54, 1.807) is 13.8 Å². The molecule has 4 saturated carbocycles. The maximum atomic E-state index is 14.3. The first kappa shape index (κ1) is 22.0. The van der Waals surface area contributed by atoms with Crippen LogP contribution >= 0.6 is 0 Å². The Kier molecular flexibility index (Phi) is 5.94. The van der Waals surface area contributed by atoms with E-state index in [0.29, 0.717) is 43.4 Å². The Balaban J connectivity index is 1.49. The number of esters is 3. The van der Waals surface area contributed by atoms with Crippen molar-refractivity contribution in [1.82, 2.24) is 0 Å². The zero-order valence-electron chi connectivity index (χ0n) is 17.3. The molecule has 0 aliphatic heterocycles. The van der Waals surface area contributed by atoms with Crippen LogP contribution in [0, 0.1) is 23.2 Å². The second-order valence-electron chi connectivity index (χ2n) is 9.57. The molecule has 0 unspecified atom stereocenters. The Morgan fingerprint density at radius 3 is 1.76 bits per heavy atom. The monoisotopic (exact) mass is 416 g/mol. The lowest BCUT2D eigenvalue weighted by molar-refractivity contribution is -0.216. The van der Waals surface area contributed by atoms with Gasteiger partial charge in [0.1, 0.15) is 18.8 Å². The molecule has 8 heteroatoms. The Hall–Kier alpha value is -1.73. The van der Waals surface area contributed by atoms with Gasteiger partial charge < -0.3 is 14.2 Å². The summed E-state index contributed by atoms with van der Waals surface area (Å²) in [6.07, 6.45) is 5.55. The smallest absolute Gasteiger partial charge is 0.437 e. The highest BCUT2D eigenvalue weighted by molar-refractivity contribution is 6.01. The fourth-order valence-electron chi connectivity index (χ4n) is 5.20. The standard InChI is InChI=1S/C21H30F2O6/c1-4-19(2,3)16(24)27-5-6-28-17(25)21(22,23)18(26)29-20-10-13-7-14(11-20)9-15(8-13)12-20/h13-15H,4-12H2,1-3H3. The van der Waals surface area contributed by atoms with Crippen molar-refractivity contribution in [2.24, 2.45) is 23.2 Å². The SMILES string of the molecule is CCC(C)(C)C(=O)OCCOC(=O)C(F)(F)C(=O)OC12CC3CC(CC(C3)C1)C2. The number of rotatable bonds is 8. The number of ether oxygens (including phenoxy) is 3. The summed E-state index contributed by atoms with van der Waals surface area (Å²) in [6, 6.07) is 0. The van der Waals surface area contributed by atoms with Gasteiger partial charge in [-0.25, -0.2) is 9.59 Å². The largest absolute Gasteiger partial charge is 0.462 e. The topological polar surface area (TPSA) is 78.9 Å². The van der Waals surface area contributed by atoms with Crippen LogP contribution < -0.4 is 0 Å². The van der Waals surface area contributed by atoms with Gasteiger partial charge in [0.2, 0.25) is 0 Å². The number of hydrogen-bond donors (Lipinski definition) is 0. The molecule has 164 valence electrons. The molecular formula is C21H30F2O6. The maximum Gasteiger partial charge on any atom is 0.437 e. The van der Waals surface area contributed by atoms with Gasteiger partial charge in [0, 0.05) is 0 Å². The van der Waals surface area contributed by atoms with E-state index in [2.05, 4.69) is 4.74 Å². The lowest BCUT2D eigenvalue weighted by Gasteiger charge is -2.55. The molecule has 0 spiro atoms. The molecule has 4 aliphatic carbocycles. The van der Waals surface area contributed by atoms with Crippen molar-refractivity contribution in [3.05, 3.63) is 0 Å². The normalized spacial score (nSPS) is 30.7. The Morgan fingerprint density at radius 1 is 0.862 bits per heavy atom. The first-order chi connectivity index (χ1) is 13.5. The van der Waals surface area contributed by atoms with Gasteiger partial charge in [0.25, 0.3) is 0 Å². The highest BCUT2D eigenvalue weighted by Crippen LogP contribution is 2.57. The molecule has 0 N–H and O–H groups in total. The van der Waals surface area contributed by atoms with Crippen LogP contribution in [-0.4, -0.2) is 42.6 Å². The van der Waals surface area contributed by atoms with Crippen LogP contribution in [0.3, 0.4) is 0 Å². The van der Waals surface area contributed by atoms with Crippen molar-refractivity contribution in [1.29, 1.82) is 0 Å². The van der Waals surface area contributed by atoms with Crippen molar-refractivity contribution in [3.8, 4) is 0 Å². The van der Waals surface area contributed by atoms with E-state index in [-0.39, 0.29) is 6.61 Å². The maximum absolute atomic E-state index is 14.3. The molecule has 0 heterocycles. The van der Waals surface area contributed by atoms with Gasteiger partial charge in [-0.15, -0.1) is 0 Å². The lowest BCUT2D eigenvalue weighted by Crippen LogP contribution is -2.55. The lowest BCUT2D eigenvalue weighted by atomic mass is 9.54. The molecule has 0 atom stereocenters. The van der Waals surface area contributed by atoms with Crippen molar-refractivity contribution in [2.45, 2.75) is 77.2 Å². The average molecular weight is 416 g/mol. The molecule has 4 aliphatic rings. The van der Waals surface area contributed by atoms with E-state index in [4.69, 9.17) is 9.47 Å². The minimum absolute atomic E-state index is 0.353. The van der Waals surface area contributed by atoms with Crippen molar-refractivity contribution in [3.63, 3.8) is 0 Å². The van der Waals surface area contributed by atoms with Gasteiger partial charge in [-0.05, 0) is 76.5 Å². The second kappa shape index (κ2) is 7.84. The van der Waals surface area contributed by atoms with Crippen molar-refractivity contribution < 1.29 is 37.4 Å². The minimum atomic E-state index is -4.38. The van der Waals surface area contributed by atoms with E-state index in [9.17, 15) is 23.2 Å². The molecule has 4 fully saturated rings. The summed E-state index contributed by atoms with van der Waals surface area (Å²) in [5, 5.41) is 0. The van der Waals surface area contributed by atoms with E-state index >= 15 is 0 Å². The van der Waals surface area contributed by atoms with Crippen LogP contribution in [0.15, 0.2) is 0 Å². The van der Waals surface area contributed by atoms with Gasteiger partial charge in [-0.1, -0.05) is 6.92 Å². The predicted octanol–water partition coefficient (Wildman–Crippen LogP) is 3.66. The van der Waals surface area contributed by atoms with E-state index in [0.717, 1.165) is 19.3 Å². The highest BCUT2D eigenvalue weighted by atomic mass is 19.3. The summed E-state index contributed by atoms with van der Waals surface area (Å²) in [6.45, 7) is 4.29. The summed E-state index contributed by atoms with van der Waals surface area (Å²) in [4.78, 5) is 35.7. The summed E-state index contributed by atoms with van der Waals surface area (Å²) < 4.78 is 43.2. The molecule has 4 rings (SSSR count). The quantitative estimate of drug-likeness (QED) is 0.260. The van der Waals surface area contributed by atoms with Gasteiger partial charge in [-0.3, -0.25) is 4.79 Å². The van der Waals surface area contributed by atoms with Crippen LogP contribution in [0.4, 0.5) is 8.78 Å². The van der Waals surface area contributed by atoms with Gasteiger partial charge >= 0.3 is 23.8 Å². The van der Waals surface area contributed by atoms with Crippen molar-refractivity contribution in [2.75, 3.05) is 13.2 Å². The molecule has 0 aromatic heterocycles. The van der Waals surface area contributed by atoms with Gasteiger partial charge in [0.05, 0.1) is 5.41 Å². The number of halogens is 2. The van der Waals surface area contributed by atoms with Crippen LogP contribution in [0.2, 0.25) is 0 Å². The molecule has 0 radical (unpaired) electrons. The van der Waals surface area contributed by atoms with Crippen LogP contribution in [0.25, 0.3) is 0 Å². The molecular weight excluding hydrogens is 386 g/mol. The fourth-order valence-corrected chi connectivity index (χ4v) is 5.20. The number of carbonyl (C=O) groups excluding carboxylic acids is 3. The highest BCUT2D eigenvalue weighted by Gasteiger charge is 2.58. The molecule has 29 heavy (non-hydrogen) atoms. The third-order valence-corrected chi connectivity index (χ3v) is 6.79. The molecule has 0 amide bonds. The van der Waals surface area contributed by atoms with E-state index in [1.165, 1.54) is 0 Å². The summed E-state index contributed by atoms with van der Waals surface area (Å²) in [5.74, 6) is -7.46. The molecule has 4 bridgehead atoms. The molecule has 6 nitrogen and oxygen atoms in total. The van der Waals surface area contributed by atoms with Crippen molar-refractivity contribution >= 4 is 17.9 Å². The van der Waals surface area contributed by atoms with Gasteiger partial charge in [-0.2, -0.15) is 8.78 Å². The number of alkyl halides is 2. The van der Waals surface area contributed by atoms with Crippen LogP contribution in [-0.2, 0) is 28.6 Å². The third kappa shape index (κ3) is 4.56. The predicted molar refractivity (Wildman–Crippen MR) is 97.9 cm³/mol. The van der Waals surface area contributed by atoms with Crippen LogP contribution in [0.1, 0.15) is 65.7 Å². The van der Waals surface area contributed by atoms with E-state index in [1.807, 2.05) is 6.92 Å². The van der Waals surface area contributed by atoms with Gasteiger partial charge in [0.15, 0.2) is 0 Å². The zero-order valence-corrected chi connectivity index (χ0v) is 17.3. The number of hydrogen-bond acceptors (Lipinski definition) is 6. The van der Waals surface area contributed by atoms with Crippen LogP contribution in [0.5, 0.6) is 0 Å². The Morgan fingerprint density at radius 2 is 1.31 bits per heavy atom. The zero-order chi connectivity index (χ0) is 21.4. The average Bonchev–Trinajstić information content (AvgIpc) is 2.63. The van der Waals surface area contributed by atoms with E-state index < -0.39 is 41.5 Å². The second-order valence-corrected chi connectivity index (χ2v) is 9.57. The fraction of sp³-hybridized carbons (Fsp3) is 0.857.